The third-order valence-electron chi connectivity index (χ3n) is 4.42. The molecule has 0 atom stereocenters. The lowest BCUT2D eigenvalue weighted by atomic mass is 9.99. The summed E-state index contributed by atoms with van der Waals surface area (Å²) >= 11 is 3.43. The number of hydrogen-bond acceptors (Lipinski definition) is 4. The monoisotopic (exact) mass is 453 g/mol. The lowest BCUT2D eigenvalue weighted by Gasteiger charge is -2.10. The van der Waals surface area contributed by atoms with E-state index < -0.39 is 10.0 Å². The molecule has 0 amide bonds. The van der Waals surface area contributed by atoms with E-state index >= 15 is 0 Å². The van der Waals surface area contributed by atoms with E-state index in [-0.39, 0.29) is 10.8 Å². The van der Waals surface area contributed by atoms with Gasteiger partial charge in [0.15, 0.2) is 0 Å². The summed E-state index contributed by atoms with van der Waals surface area (Å²) in [6.45, 7) is 0. The van der Waals surface area contributed by atoms with Crippen molar-refractivity contribution >= 4 is 48.5 Å². The fraction of sp³-hybridized carbons (Fsp3) is 0. The number of nitrogens with two attached hydrogens (primary N) is 1. The summed E-state index contributed by atoms with van der Waals surface area (Å²) < 4.78 is 27.4. The standard InChI is InChI=1S/C21H16BrN3O2S/c22-14-18(15-7-3-1-4-8-15)16-11-12-19-20(13-16)25(21(23)24-19)28(26,27)17-9-5-2-6-10-17/h1-14H,(H2,23,24)/b18-14+. The van der Waals surface area contributed by atoms with Crippen LogP contribution in [0.4, 0.5) is 5.95 Å². The topological polar surface area (TPSA) is 78.0 Å². The number of imidazole rings is 1. The molecule has 2 N–H and O–H groups in total. The van der Waals surface area contributed by atoms with Crippen molar-refractivity contribution in [1.82, 2.24) is 8.96 Å². The Balaban J connectivity index is 1.93. The van der Waals surface area contributed by atoms with E-state index in [1.54, 1.807) is 30.3 Å². The van der Waals surface area contributed by atoms with Gasteiger partial charge in [0.25, 0.3) is 10.0 Å². The molecule has 0 aliphatic heterocycles. The van der Waals surface area contributed by atoms with E-state index in [9.17, 15) is 8.42 Å². The van der Waals surface area contributed by atoms with E-state index in [2.05, 4.69) is 20.9 Å². The molecule has 0 unspecified atom stereocenters. The van der Waals surface area contributed by atoms with E-state index in [0.717, 1.165) is 20.7 Å². The van der Waals surface area contributed by atoms with E-state index in [4.69, 9.17) is 5.73 Å². The number of rotatable bonds is 4. The molecule has 0 aliphatic rings. The second kappa shape index (κ2) is 7.26. The van der Waals surface area contributed by atoms with Gasteiger partial charge in [-0.2, -0.15) is 0 Å². The molecule has 0 fully saturated rings. The first-order chi connectivity index (χ1) is 13.5. The van der Waals surface area contributed by atoms with Crippen LogP contribution in [0.25, 0.3) is 16.6 Å². The summed E-state index contributed by atoms with van der Waals surface area (Å²) in [5.74, 6) is -0.0694. The van der Waals surface area contributed by atoms with Gasteiger partial charge in [0.1, 0.15) is 0 Å². The quantitative estimate of drug-likeness (QED) is 0.488. The first-order valence-corrected chi connectivity index (χ1v) is 10.8. The van der Waals surface area contributed by atoms with Crippen molar-refractivity contribution in [3.05, 3.63) is 95.0 Å². The highest BCUT2D eigenvalue weighted by molar-refractivity contribution is 9.11. The molecule has 4 aromatic rings. The Morgan fingerprint density at radius 1 is 0.929 bits per heavy atom. The smallest absolute Gasteiger partial charge is 0.271 e. The van der Waals surface area contributed by atoms with E-state index in [0.29, 0.717) is 11.0 Å². The van der Waals surface area contributed by atoms with Gasteiger partial charge in [0, 0.05) is 0 Å². The van der Waals surface area contributed by atoms with Crippen LogP contribution in [0, 0.1) is 0 Å². The minimum atomic E-state index is -3.87. The third-order valence-corrected chi connectivity index (χ3v) is 6.61. The first kappa shape index (κ1) is 18.5. The van der Waals surface area contributed by atoms with Crippen molar-refractivity contribution in [3.8, 4) is 0 Å². The molecule has 0 aliphatic carbocycles. The van der Waals surface area contributed by atoms with Crippen LogP contribution in [0.3, 0.4) is 0 Å². The van der Waals surface area contributed by atoms with Crippen molar-refractivity contribution in [2.75, 3.05) is 5.73 Å². The average Bonchev–Trinajstić information content (AvgIpc) is 3.06. The lowest BCUT2D eigenvalue weighted by Crippen LogP contribution is -2.15. The summed E-state index contributed by atoms with van der Waals surface area (Å²) in [5.41, 5.74) is 9.72. The molecule has 0 spiro atoms. The number of aromatic nitrogens is 2. The zero-order chi connectivity index (χ0) is 19.7. The Hall–Kier alpha value is -2.90. The fourth-order valence-electron chi connectivity index (χ4n) is 3.10. The third kappa shape index (κ3) is 3.12. The molecule has 0 saturated carbocycles. The maximum Gasteiger partial charge on any atom is 0.271 e. The Bertz CT molecular complexity index is 1280. The van der Waals surface area contributed by atoms with Gasteiger partial charge in [0.05, 0.1) is 15.9 Å². The van der Waals surface area contributed by atoms with Gasteiger partial charge in [-0.15, -0.1) is 0 Å². The molecule has 3 aromatic carbocycles. The van der Waals surface area contributed by atoms with Crippen LogP contribution < -0.4 is 5.73 Å². The maximum atomic E-state index is 13.2. The Labute approximate surface area is 171 Å². The Morgan fingerprint density at radius 3 is 2.21 bits per heavy atom. The number of fused-ring (bicyclic) bond motifs is 1. The number of halogens is 1. The summed E-state index contributed by atoms with van der Waals surface area (Å²) in [7, 11) is -3.87. The number of anilines is 1. The normalized spacial score (nSPS) is 12.4. The lowest BCUT2D eigenvalue weighted by molar-refractivity contribution is 0.589. The molecule has 0 saturated heterocycles. The summed E-state index contributed by atoms with van der Waals surface area (Å²) in [4.78, 5) is 6.21. The summed E-state index contributed by atoms with van der Waals surface area (Å²) in [5, 5.41) is 0. The molecule has 0 bridgehead atoms. The van der Waals surface area contributed by atoms with Crippen molar-refractivity contribution in [2.24, 2.45) is 0 Å². The van der Waals surface area contributed by atoms with Crippen LogP contribution in [-0.4, -0.2) is 17.4 Å². The first-order valence-electron chi connectivity index (χ1n) is 8.47. The second-order valence-corrected chi connectivity index (χ2v) is 8.39. The van der Waals surface area contributed by atoms with Crippen molar-refractivity contribution < 1.29 is 8.42 Å². The van der Waals surface area contributed by atoms with Crippen LogP contribution >= 0.6 is 15.9 Å². The molecule has 140 valence electrons. The summed E-state index contributed by atoms with van der Waals surface area (Å²) in [6.07, 6.45) is 0. The molecular formula is C21H16BrN3O2S. The van der Waals surface area contributed by atoms with Gasteiger partial charge < -0.3 is 5.73 Å². The van der Waals surface area contributed by atoms with Crippen LogP contribution in [0.2, 0.25) is 0 Å². The molecule has 1 heterocycles. The molecule has 5 nitrogen and oxygen atoms in total. The van der Waals surface area contributed by atoms with Gasteiger partial charge in [-0.1, -0.05) is 70.5 Å². The number of benzene rings is 3. The number of nitrogens with zero attached hydrogens (tertiary/aromatic N) is 2. The predicted molar refractivity (Wildman–Crippen MR) is 116 cm³/mol. The van der Waals surface area contributed by atoms with Crippen LogP contribution in [0.1, 0.15) is 11.1 Å². The van der Waals surface area contributed by atoms with Crippen LogP contribution in [0.15, 0.2) is 88.7 Å². The maximum absolute atomic E-state index is 13.2. The molecule has 1 aromatic heterocycles. The van der Waals surface area contributed by atoms with Crippen molar-refractivity contribution in [1.29, 1.82) is 0 Å². The molecule has 28 heavy (non-hydrogen) atoms. The second-order valence-electron chi connectivity index (χ2n) is 6.14. The average molecular weight is 454 g/mol. The zero-order valence-electron chi connectivity index (χ0n) is 14.7. The predicted octanol–water partition coefficient (Wildman–Crippen LogP) is 4.64. The van der Waals surface area contributed by atoms with Crippen LogP contribution in [0.5, 0.6) is 0 Å². The van der Waals surface area contributed by atoms with Gasteiger partial charge in [-0.05, 0) is 46.0 Å². The molecular weight excluding hydrogens is 438 g/mol. The summed E-state index contributed by atoms with van der Waals surface area (Å²) in [6, 6.07) is 23.5. The molecule has 7 heteroatoms. The highest BCUT2D eigenvalue weighted by Gasteiger charge is 2.23. The minimum absolute atomic E-state index is 0.0694. The minimum Gasteiger partial charge on any atom is -0.368 e. The van der Waals surface area contributed by atoms with E-state index in [1.165, 1.54) is 12.1 Å². The Morgan fingerprint density at radius 2 is 1.57 bits per heavy atom. The SMILES string of the molecule is Nc1nc2ccc(/C(=C/Br)c3ccccc3)cc2n1S(=O)(=O)c1ccccc1. The van der Waals surface area contributed by atoms with Crippen molar-refractivity contribution in [2.45, 2.75) is 4.90 Å². The van der Waals surface area contributed by atoms with E-state index in [1.807, 2.05) is 41.4 Å². The number of nitrogen functional groups attached to an aromatic ring is 1. The van der Waals surface area contributed by atoms with Crippen molar-refractivity contribution in [3.63, 3.8) is 0 Å². The highest BCUT2D eigenvalue weighted by atomic mass is 79.9. The Kier molecular flexibility index (Phi) is 4.78. The zero-order valence-corrected chi connectivity index (χ0v) is 17.1. The highest BCUT2D eigenvalue weighted by Crippen LogP contribution is 2.30. The fourth-order valence-corrected chi connectivity index (χ4v) is 5.03. The largest absolute Gasteiger partial charge is 0.368 e. The van der Waals surface area contributed by atoms with Crippen LogP contribution in [-0.2, 0) is 10.0 Å². The van der Waals surface area contributed by atoms with Gasteiger partial charge in [-0.25, -0.2) is 17.4 Å². The number of hydrogen-bond donors (Lipinski definition) is 1. The van der Waals surface area contributed by atoms with Gasteiger partial charge >= 0.3 is 0 Å². The van der Waals surface area contributed by atoms with Gasteiger partial charge in [-0.3, -0.25) is 0 Å². The van der Waals surface area contributed by atoms with Gasteiger partial charge in [0.2, 0.25) is 5.95 Å². The molecule has 0 radical (unpaired) electrons. The molecule has 4 rings (SSSR count).